The Hall–Kier alpha value is -5.15. The predicted octanol–water partition coefficient (Wildman–Crippen LogP) is 8.94. The Morgan fingerprint density at radius 1 is 0.447 bits per heavy atom. The number of benzene rings is 6. The van der Waals surface area contributed by atoms with Crippen LogP contribution >= 0.6 is 0 Å². The van der Waals surface area contributed by atoms with Crippen LogP contribution < -0.4 is 0 Å². The van der Waals surface area contributed by atoms with E-state index in [1.165, 1.54) is 32.6 Å². The summed E-state index contributed by atoms with van der Waals surface area (Å²) in [6, 6.07) is 49.3. The third-order valence-corrected chi connectivity index (χ3v) is 7.50. The van der Waals surface area contributed by atoms with Crippen molar-refractivity contribution in [3.63, 3.8) is 0 Å². The van der Waals surface area contributed by atoms with Gasteiger partial charge in [0.25, 0.3) is 0 Å². The van der Waals surface area contributed by atoms with Gasteiger partial charge in [-0.25, -0.2) is 4.98 Å². The highest BCUT2D eigenvalue weighted by Crippen LogP contribution is 2.40. The minimum atomic E-state index is 0.943. The topological polar surface area (TPSA) is 22.8 Å². The van der Waals surface area contributed by atoms with E-state index in [-0.39, 0.29) is 0 Å². The highest BCUT2D eigenvalue weighted by molar-refractivity contribution is 6.24. The number of rotatable bonds is 3. The number of nitrogens with zero attached hydrogens (tertiary/aromatic N) is 3. The standard InChI is InChI=1S/C35H23N3/c1-4-12-25(13-5-1)35-36-33-31(38(35)27-16-8-3-9-17-27)23-21-24-20-22-29-28-18-10-11-19-30(28)37(34(29)32(24)33)26-14-6-2-7-15-26/h1-23H. The Balaban J connectivity index is 1.60. The highest BCUT2D eigenvalue weighted by atomic mass is 15.1. The first kappa shape index (κ1) is 21.0. The lowest BCUT2D eigenvalue weighted by atomic mass is 10.0. The van der Waals surface area contributed by atoms with E-state index in [4.69, 9.17) is 4.98 Å². The lowest BCUT2D eigenvalue weighted by molar-refractivity contribution is 1.10. The molecule has 0 unspecified atom stereocenters. The average Bonchev–Trinajstić information content (AvgIpc) is 3.55. The molecule has 3 heteroatoms. The molecule has 3 nitrogen and oxygen atoms in total. The minimum absolute atomic E-state index is 0.943. The summed E-state index contributed by atoms with van der Waals surface area (Å²) >= 11 is 0. The van der Waals surface area contributed by atoms with E-state index in [1.807, 2.05) is 0 Å². The molecular formula is C35H23N3. The van der Waals surface area contributed by atoms with E-state index in [0.717, 1.165) is 33.8 Å². The van der Waals surface area contributed by atoms with Crippen LogP contribution in [0.3, 0.4) is 0 Å². The lowest BCUT2D eigenvalue weighted by Crippen LogP contribution is -1.97. The van der Waals surface area contributed by atoms with E-state index >= 15 is 0 Å². The van der Waals surface area contributed by atoms with Crippen LogP contribution in [0, 0.1) is 0 Å². The first-order chi connectivity index (χ1) is 18.9. The number of imidazole rings is 1. The number of hydrogen-bond acceptors (Lipinski definition) is 1. The van der Waals surface area contributed by atoms with Crippen LogP contribution in [-0.4, -0.2) is 14.1 Å². The van der Waals surface area contributed by atoms with Crippen LogP contribution in [0.1, 0.15) is 0 Å². The molecule has 0 N–H and O–H groups in total. The molecular weight excluding hydrogens is 462 g/mol. The van der Waals surface area contributed by atoms with Crippen molar-refractivity contribution in [2.45, 2.75) is 0 Å². The van der Waals surface area contributed by atoms with E-state index < -0.39 is 0 Å². The molecule has 0 aliphatic rings. The second-order valence-electron chi connectivity index (χ2n) is 9.65. The smallest absolute Gasteiger partial charge is 0.145 e. The maximum atomic E-state index is 5.39. The van der Waals surface area contributed by atoms with E-state index in [0.29, 0.717) is 0 Å². The average molecular weight is 486 g/mol. The Kier molecular flexibility index (Phi) is 4.52. The number of aromatic nitrogens is 3. The van der Waals surface area contributed by atoms with Crippen LogP contribution in [0.25, 0.3) is 66.4 Å². The first-order valence-corrected chi connectivity index (χ1v) is 12.9. The van der Waals surface area contributed by atoms with Crippen molar-refractivity contribution >= 4 is 43.6 Å². The van der Waals surface area contributed by atoms with Gasteiger partial charge in [-0.05, 0) is 41.8 Å². The van der Waals surface area contributed by atoms with Crippen LogP contribution in [0.5, 0.6) is 0 Å². The van der Waals surface area contributed by atoms with Crippen molar-refractivity contribution in [3.8, 4) is 22.8 Å². The normalized spacial score (nSPS) is 11.7. The molecule has 0 saturated carbocycles. The molecule has 0 fully saturated rings. The van der Waals surface area contributed by atoms with Gasteiger partial charge in [0.15, 0.2) is 0 Å². The lowest BCUT2D eigenvalue weighted by Gasteiger charge is -2.11. The zero-order chi connectivity index (χ0) is 25.1. The summed E-state index contributed by atoms with van der Waals surface area (Å²) in [6.07, 6.45) is 0. The second kappa shape index (κ2) is 8.19. The van der Waals surface area contributed by atoms with E-state index in [2.05, 4.69) is 149 Å². The molecule has 8 rings (SSSR count). The van der Waals surface area contributed by atoms with E-state index in [1.54, 1.807) is 0 Å². The van der Waals surface area contributed by atoms with Crippen LogP contribution in [0.15, 0.2) is 140 Å². The summed E-state index contributed by atoms with van der Waals surface area (Å²) in [5.74, 6) is 0.943. The summed E-state index contributed by atoms with van der Waals surface area (Å²) in [6.45, 7) is 0. The second-order valence-corrected chi connectivity index (χ2v) is 9.65. The van der Waals surface area contributed by atoms with Crippen molar-refractivity contribution in [3.05, 3.63) is 140 Å². The van der Waals surface area contributed by atoms with Crippen LogP contribution in [-0.2, 0) is 0 Å². The van der Waals surface area contributed by atoms with Gasteiger partial charge in [-0.3, -0.25) is 4.57 Å². The molecule has 0 spiro atoms. The predicted molar refractivity (Wildman–Crippen MR) is 158 cm³/mol. The van der Waals surface area contributed by atoms with E-state index in [9.17, 15) is 0 Å². The fourth-order valence-electron chi connectivity index (χ4n) is 5.86. The number of fused-ring (bicyclic) bond motifs is 7. The van der Waals surface area contributed by atoms with Crippen molar-refractivity contribution in [2.75, 3.05) is 0 Å². The molecule has 178 valence electrons. The molecule has 2 aromatic heterocycles. The van der Waals surface area contributed by atoms with Crippen molar-refractivity contribution in [2.24, 2.45) is 0 Å². The highest BCUT2D eigenvalue weighted by Gasteiger charge is 2.21. The Morgan fingerprint density at radius 2 is 1.05 bits per heavy atom. The maximum Gasteiger partial charge on any atom is 0.145 e. The van der Waals surface area contributed by atoms with Crippen molar-refractivity contribution < 1.29 is 0 Å². The SMILES string of the molecule is c1ccc(-c2nc3c4c(ccc5c6ccccc6n(-c6ccccc6)c54)ccc3n2-c2ccccc2)cc1. The van der Waals surface area contributed by atoms with Gasteiger partial charge in [-0.1, -0.05) is 103 Å². The van der Waals surface area contributed by atoms with Gasteiger partial charge >= 0.3 is 0 Å². The third kappa shape index (κ3) is 2.99. The molecule has 6 aromatic carbocycles. The quantitative estimate of drug-likeness (QED) is 0.245. The monoisotopic (exact) mass is 485 g/mol. The molecule has 0 bridgehead atoms. The molecule has 0 atom stereocenters. The molecule has 0 amide bonds. The molecule has 2 heterocycles. The van der Waals surface area contributed by atoms with Gasteiger partial charge in [0, 0.05) is 33.1 Å². The summed E-state index contributed by atoms with van der Waals surface area (Å²) in [7, 11) is 0. The fraction of sp³-hybridized carbons (Fsp3) is 0. The molecule has 38 heavy (non-hydrogen) atoms. The van der Waals surface area contributed by atoms with Gasteiger partial charge in [0.05, 0.1) is 22.1 Å². The number of hydrogen-bond donors (Lipinski definition) is 0. The zero-order valence-electron chi connectivity index (χ0n) is 20.6. The zero-order valence-corrected chi connectivity index (χ0v) is 20.6. The third-order valence-electron chi connectivity index (χ3n) is 7.50. The molecule has 0 aliphatic carbocycles. The fourth-order valence-corrected chi connectivity index (χ4v) is 5.86. The van der Waals surface area contributed by atoms with Gasteiger partial charge in [-0.2, -0.15) is 0 Å². The Morgan fingerprint density at radius 3 is 1.79 bits per heavy atom. The summed E-state index contributed by atoms with van der Waals surface area (Å²) < 4.78 is 4.69. The van der Waals surface area contributed by atoms with Gasteiger partial charge in [0.2, 0.25) is 0 Å². The van der Waals surface area contributed by atoms with Gasteiger partial charge in [-0.15, -0.1) is 0 Å². The molecule has 8 aromatic rings. The summed E-state index contributed by atoms with van der Waals surface area (Å²) in [5.41, 5.74) is 7.84. The molecule has 0 radical (unpaired) electrons. The van der Waals surface area contributed by atoms with Gasteiger partial charge < -0.3 is 4.57 Å². The Bertz CT molecular complexity index is 2100. The van der Waals surface area contributed by atoms with Crippen LogP contribution in [0.2, 0.25) is 0 Å². The molecule has 0 aliphatic heterocycles. The summed E-state index contributed by atoms with van der Waals surface area (Å²) in [4.78, 5) is 5.39. The van der Waals surface area contributed by atoms with Crippen LogP contribution in [0.4, 0.5) is 0 Å². The van der Waals surface area contributed by atoms with Crippen molar-refractivity contribution in [1.82, 2.24) is 14.1 Å². The Labute approximate surface area is 219 Å². The summed E-state index contributed by atoms with van der Waals surface area (Å²) in [5, 5.41) is 4.84. The minimum Gasteiger partial charge on any atom is -0.309 e. The molecule has 0 saturated heterocycles. The first-order valence-electron chi connectivity index (χ1n) is 12.9. The maximum absolute atomic E-state index is 5.39. The van der Waals surface area contributed by atoms with Gasteiger partial charge in [0.1, 0.15) is 5.82 Å². The number of para-hydroxylation sites is 3. The van der Waals surface area contributed by atoms with Crippen molar-refractivity contribution in [1.29, 1.82) is 0 Å². The largest absolute Gasteiger partial charge is 0.309 e.